The Balaban J connectivity index is 1.46. The summed E-state index contributed by atoms with van der Waals surface area (Å²) in [4.78, 5) is 5.19. The van der Waals surface area contributed by atoms with Crippen molar-refractivity contribution in [1.82, 2.24) is 0 Å². The van der Waals surface area contributed by atoms with E-state index in [1.165, 1.54) is 16.3 Å². The van der Waals surface area contributed by atoms with E-state index < -0.39 is 5.92 Å². The summed E-state index contributed by atoms with van der Waals surface area (Å²) < 4.78 is 34.5. The summed E-state index contributed by atoms with van der Waals surface area (Å²) in [5.74, 6) is -1.89. The number of furan rings is 1. The van der Waals surface area contributed by atoms with E-state index in [1.807, 2.05) is 18.2 Å². The van der Waals surface area contributed by atoms with Crippen LogP contribution < -0.4 is 0 Å². The van der Waals surface area contributed by atoms with Gasteiger partial charge >= 0.3 is 0 Å². The number of halogens is 2. The first-order valence-electron chi connectivity index (χ1n) is 13.8. The van der Waals surface area contributed by atoms with Crippen LogP contribution >= 0.6 is 0 Å². The standard InChI is InChI=1S/C34H31F2NO/c1-19(2)14-22-8-9-29-31-25(22)17-23(21-10-12-34(35,36)13-11-21)18-27(31)32(37-29)28-16-20(3)15-26-24-6-4-5-7-30(24)38-33(26)28/h4-9,15-19,21H,10-14H2,1-3H3. The fourth-order valence-corrected chi connectivity index (χ4v) is 6.59. The lowest BCUT2D eigenvalue weighted by molar-refractivity contribution is -0.0382. The molecule has 192 valence electrons. The van der Waals surface area contributed by atoms with Crippen LogP contribution in [0.3, 0.4) is 0 Å². The topological polar surface area (TPSA) is 25.5 Å². The number of rotatable bonds is 4. The quantitative estimate of drug-likeness (QED) is 0.233. The van der Waals surface area contributed by atoms with E-state index in [-0.39, 0.29) is 18.8 Å². The van der Waals surface area contributed by atoms with Gasteiger partial charge < -0.3 is 4.42 Å². The highest BCUT2D eigenvalue weighted by molar-refractivity contribution is 6.30. The first-order chi connectivity index (χ1) is 18.3. The molecular formula is C34H31F2NO. The van der Waals surface area contributed by atoms with Crippen LogP contribution in [0.15, 0.2) is 70.1 Å². The molecule has 2 heterocycles. The molecule has 1 fully saturated rings. The van der Waals surface area contributed by atoms with Gasteiger partial charge in [-0.05, 0) is 90.4 Å². The summed E-state index contributed by atoms with van der Waals surface area (Å²) >= 11 is 0. The first kappa shape index (κ1) is 23.6. The van der Waals surface area contributed by atoms with Crippen molar-refractivity contribution in [2.45, 2.75) is 64.7 Å². The van der Waals surface area contributed by atoms with Gasteiger partial charge in [0.1, 0.15) is 11.2 Å². The molecule has 38 heavy (non-hydrogen) atoms. The van der Waals surface area contributed by atoms with E-state index in [0.29, 0.717) is 18.8 Å². The third-order valence-corrected chi connectivity index (χ3v) is 8.39. The molecule has 0 bridgehead atoms. The van der Waals surface area contributed by atoms with E-state index in [4.69, 9.17) is 9.41 Å². The Bertz CT molecular complexity index is 1760. The summed E-state index contributed by atoms with van der Waals surface area (Å²) in [7, 11) is 0. The van der Waals surface area contributed by atoms with Crippen molar-refractivity contribution in [2.24, 2.45) is 10.9 Å². The van der Waals surface area contributed by atoms with Gasteiger partial charge in [0.25, 0.3) is 0 Å². The molecule has 0 spiro atoms. The number of aryl methyl sites for hydroxylation is 1. The number of para-hydroxylation sites is 1. The highest BCUT2D eigenvalue weighted by Gasteiger charge is 2.36. The maximum Gasteiger partial charge on any atom is 0.248 e. The van der Waals surface area contributed by atoms with Crippen LogP contribution in [0.4, 0.5) is 14.5 Å². The van der Waals surface area contributed by atoms with Gasteiger partial charge in [0, 0.05) is 40.1 Å². The van der Waals surface area contributed by atoms with Crippen molar-refractivity contribution >= 4 is 44.1 Å². The second-order valence-electron chi connectivity index (χ2n) is 11.7. The maximum absolute atomic E-state index is 14.0. The van der Waals surface area contributed by atoms with Crippen molar-refractivity contribution in [2.75, 3.05) is 0 Å². The predicted octanol–water partition coefficient (Wildman–Crippen LogP) is 10.0. The summed E-state index contributed by atoms with van der Waals surface area (Å²) in [6.45, 7) is 6.59. The molecule has 0 saturated heterocycles. The zero-order valence-corrected chi connectivity index (χ0v) is 22.1. The van der Waals surface area contributed by atoms with Crippen LogP contribution in [0.2, 0.25) is 0 Å². The van der Waals surface area contributed by atoms with Crippen LogP contribution in [-0.4, -0.2) is 11.6 Å². The molecule has 1 aromatic heterocycles. The van der Waals surface area contributed by atoms with Crippen molar-refractivity contribution in [3.05, 3.63) is 88.5 Å². The summed E-state index contributed by atoms with van der Waals surface area (Å²) in [5, 5.41) is 4.59. The molecule has 2 aliphatic rings. The molecule has 0 radical (unpaired) electrons. The van der Waals surface area contributed by atoms with Crippen molar-refractivity contribution < 1.29 is 13.2 Å². The lowest BCUT2D eigenvalue weighted by atomic mass is 9.80. The number of hydrogen-bond acceptors (Lipinski definition) is 2. The smallest absolute Gasteiger partial charge is 0.248 e. The van der Waals surface area contributed by atoms with Crippen molar-refractivity contribution in [3.63, 3.8) is 0 Å². The average Bonchev–Trinajstić information content (AvgIpc) is 3.44. The second kappa shape index (κ2) is 8.49. The number of hydrogen-bond donors (Lipinski definition) is 0. The van der Waals surface area contributed by atoms with Gasteiger partial charge in [-0.3, -0.25) is 0 Å². The normalized spacial score (nSPS) is 17.3. The molecule has 0 unspecified atom stereocenters. The van der Waals surface area contributed by atoms with Crippen LogP contribution in [-0.2, 0) is 6.42 Å². The van der Waals surface area contributed by atoms with Gasteiger partial charge in [-0.15, -0.1) is 0 Å². The van der Waals surface area contributed by atoms with Gasteiger partial charge in [-0.1, -0.05) is 44.2 Å². The van der Waals surface area contributed by atoms with Gasteiger partial charge in [0.15, 0.2) is 0 Å². The molecule has 0 amide bonds. The monoisotopic (exact) mass is 507 g/mol. The number of nitrogens with zero attached hydrogens (tertiary/aromatic N) is 1. The Morgan fingerprint density at radius 2 is 1.71 bits per heavy atom. The molecule has 0 N–H and O–H groups in total. The second-order valence-corrected chi connectivity index (χ2v) is 11.7. The first-order valence-corrected chi connectivity index (χ1v) is 13.8. The SMILES string of the molecule is Cc1cc(C2=Nc3ccc(CC(C)C)c4cc(C5CCC(F)(F)CC5)cc2c34)c2oc3ccccc3c2c1. The molecule has 1 aliphatic heterocycles. The Morgan fingerprint density at radius 3 is 2.50 bits per heavy atom. The molecular weight excluding hydrogens is 476 g/mol. The summed E-state index contributed by atoms with van der Waals surface area (Å²) in [6.07, 6.45) is 1.92. The van der Waals surface area contributed by atoms with Gasteiger partial charge in [0.2, 0.25) is 5.92 Å². The predicted molar refractivity (Wildman–Crippen MR) is 152 cm³/mol. The fourth-order valence-electron chi connectivity index (χ4n) is 6.59. The molecule has 4 heteroatoms. The number of fused-ring (bicyclic) bond motifs is 3. The Kier molecular flexibility index (Phi) is 5.27. The third-order valence-electron chi connectivity index (χ3n) is 8.39. The lowest BCUT2D eigenvalue weighted by Gasteiger charge is -2.29. The van der Waals surface area contributed by atoms with E-state index >= 15 is 0 Å². The minimum atomic E-state index is -2.54. The number of benzene rings is 4. The molecule has 0 atom stereocenters. The van der Waals surface area contributed by atoms with Gasteiger partial charge in [-0.25, -0.2) is 13.8 Å². The van der Waals surface area contributed by atoms with Crippen LogP contribution in [0.5, 0.6) is 0 Å². The van der Waals surface area contributed by atoms with Crippen LogP contribution in [0.25, 0.3) is 32.7 Å². The molecule has 1 aliphatic carbocycles. The molecule has 2 nitrogen and oxygen atoms in total. The summed E-state index contributed by atoms with van der Waals surface area (Å²) in [6, 6.07) is 21.4. The molecule has 1 saturated carbocycles. The highest BCUT2D eigenvalue weighted by atomic mass is 19.3. The zero-order chi connectivity index (χ0) is 26.2. The van der Waals surface area contributed by atoms with Crippen molar-refractivity contribution in [3.8, 4) is 0 Å². The van der Waals surface area contributed by atoms with Gasteiger partial charge in [-0.2, -0.15) is 0 Å². The summed E-state index contributed by atoms with van der Waals surface area (Å²) in [5.41, 5.74) is 9.32. The van der Waals surface area contributed by atoms with E-state index in [1.54, 1.807) is 0 Å². The minimum Gasteiger partial charge on any atom is -0.455 e. The maximum atomic E-state index is 14.0. The van der Waals surface area contributed by atoms with Gasteiger partial charge in [0.05, 0.1) is 11.4 Å². The zero-order valence-electron chi connectivity index (χ0n) is 22.1. The van der Waals surface area contributed by atoms with E-state index in [0.717, 1.165) is 62.0 Å². The fraction of sp³-hybridized carbons (Fsp3) is 0.324. The minimum absolute atomic E-state index is 0.0393. The third kappa shape index (κ3) is 3.76. The highest BCUT2D eigenvalue weighted by Crippen LogP contribution is 2.46. The van der Waals surface area contributed by atoms with Crippen LogP contribution in [0.1, 0.15) is 73.3 Å². The molecule has 7 rings (SSSR count). The Morgan fingerprint density at radius 1 is 0.921 bits per heavy atom. The largest absolute Gasteiger partial charge is 0.455 e. The molecule has 5 aromatic rings. The Hall–Kier alpha value is -3.53. The Labute approximate surface area is 221 Å². The van der Waals surface area contributed by atoms with Crippen LogP contribution in [0, 0.1) is 12.8 Å². The van der Waals surface area contributed by atoms with E-state index in [2.05, 4.69) is 63.2 Å². The lowest BCUT2D eigenvalue weighted by Crippen LogP contribution is -2.23. The number of alkyl halides is 2. The number of aliphatic imine (C=N–C) groups is 1. The van der Waals surface area contributed by atoms with E-state index in [9.17, 15) is 8.78 Å². The average molecular weight is 508 g/mol. The molecule has 4 aromatic carbocycles. The van der Waals surface area contributed by atoms with Crippen molar-refractivity contribution in [1.29, 1.82) is 0 Å².